The van der Waals surface area contributed by atoms with Crippen LogP contribution in [-0.2, 0) is 16.1 Å². The molecule has 0 atom stereocenters. The highest BCUT2D eigenvalue weighted by atomic mass is 16.6. The van der Waals surface area contributed by atoms with Crippen LogP contribution in [-0.4, -0.2) is 17.0 Å². The van der Waals surface area contributed by atoms with Crippen molar-refractivity contribution in [3.63, 3.8) is 0 Å². The van der Waals surface area contributed by atoms with E-state index in [1.807, 2.05) is 32.0 Å². The van der Waals surface area contributed by atoms with Gasteiger partial charge in [0.25, 0.3) is 5.91 Å². The van der Waals surface area contributed by atoms with Gasteiger partial charge in [-0.05, 0) is 45.7 Å². The second-order valence-electron chi connectivity index (χ2n) is 6.73. The summed E-state index contributed by atoms with van der Waals surface area (Å²) in [7, 11) is 0. The summed E-state index contributed by atoms with van der Waals surface area (Å²) < 4.78 is 10.2. The number of carbonyl (C=O) groups is 2. The van der Waals surface area contributed by atoms with Crippen LogP contribution in [0, 0.1) is 19.3 Å². The molecule has 0 bridgehead atoms. The Balaban J connectivity index is 2.02. The number of benzene rings is 1. The number of nitrogens with zero attached hydrogens (tertiary/aromatic N) is 1. The molecule has 1 aromatic carbocycles. The number of aromatic nitrogens is 1. The van der Waals surface area contributed by atoms with Gasteiger partial charge in [0.2, 0.25) is 0 Å². The van der Waals surface area contributed by atoms with Crippen LogP contribution in [0.1, 0.15) is 48.1 Å². The van der Waals surface area contributed by atoms with Gasteiger partial charge in [-0.1, -0.05) is 23.4 Å². The van der Waals surface area contributed by atoms with Crippen LogP contribution >= 0.6 is 0 Å². The first-order chi connectivity index (χ1) is 11.2. The molecule has 0 unspecified atom stereocenters. The molecule has 0 spiro atoms. The van der Waals surface area contributed by atoms with Crippen LogP contribution in [0.3, 0.4) is 0 Å². The van der Waals surface area contributed by atoms with E-state index in [1.165, 1.54) is 6.07 Å². The molecule has 0 aliphatic heterocycles. The highest BCUT2D eigenvalue weighted by Crippen LogP contribution is 2.21. The van der Waals surface area contributed by atoms with Crippen molar-refractivity contribution >= 4 is 17.6 Å². The molecule has 0 aliphatic rings. The summed E-state index contributed by atoms with van der Waals surface area (Å²) in [6.07, 6.45) is 0. The van der Waals surface area contributed by atoms with Gasteiger partial charge in [0.15, 0.2) is 18.1 Å². The van der Waals surface area contributed by atoms with Crippen molar-refractivity contribution in [1.82, 2.24) is 5.16 Å². The maximum Gasteiger partial charge on any atom is 0.311 e. The number of nitrogens with one attached hydrogen (secondary N) is 1. The lowest BCUT2D eigenvalue weighted by atomic mass is 9.97. The Morgan fingerprint density at radius 3 is 2.42 bits per heavy atom. The molecular weight excluding hydrogens is 308 g/mol. The Morgan fingerprint density at radius 2 is 1.83 bits per heavy atom. The predicted molar refractivity (Wildman–Crippen MR) is 89.6 cm³/mol. The van der Waals surface area contributed by atoms with Crippen molar-refractivity contribution in [2.24, 2.45) is 5.41 Å². The van der Waals surface area contributed by atoms with Gasteiger partial charge < -0.3 is 14.6 Å². The molecule has 6 nitrogen and oxygen atoms in total. The van der Waals surface area contributed by atoms with Gasteiger partial charge in [0, 0.05) is 11.8 Å². The maximum atomic E-state index is 12.3. The van der Waals surface area contributed by atoms with E-state index in [9.17, 15) is 9.59 Å². The second kappa shape index (κ2) is 6.86. The molecule has 0 radical (unpaired) electrons. The molecule has 24 heavy (non-hydrogen) atoms. The Bertz CT molecular complexity index is 736. The van der Waals surface area contributed by atoms with E-state index in [-0.39, 0.29) is 24.2 Å². The van der Waals surface area contributed by atoms with E-state index in [4.69, 9.17) is 9.26 Å². The molecule has 6 heteroatoms. The molecule has 2 aromatic rings. The predicted octanol–water partition coefficient (Wildman–Crippen LogP) is 3.63. The largest absolute Gasteiger partial charge is 0.457 e. The Morgan fingerprint density at radius 1 is 1.21 bits per heavy atom. The number of anilines is 1. The SMILES string of the molecule is Cc1cccc(C)c1NC(=O)c1cc(COC(=O)C(C)(C)C)on1. The summed E-state index contributed by atoms with van der Waals surface area (Å²) in [6.45, 7) is 9.07. The smallest absolute Gasteiger partial charge is 0.311 e. The fourth-order valence-electron chi connectivity index (χ4n) is 2.03. The van der Waals surface area contributed by atoms with Crippen LogP contribution in [0.25, 0.3) is 0 Å². The third-order valence-electron chi connectivity index (χ3n) is 3.47. The topological polar surface area (TPSA) is 81.4 Å². The minimum absolute atomic E-state index is 0.0558. The lowest BCUT2D eigenvalue weighted by Crippen LogP contribution is -2.22. The molecule has 0 aliphatic carbocycles. The van der Waals surface area contributed by atoms with Gasteiger partial charge in [-0.3, -0.25) is 9.59 Å². The van der Waals surface area contributed by atoms with E-state index in [1.54, 1.807) is 20.8 Å². The van der Waals surface area contributed by atoms with Crippen molar-refractivity contribution in [3.05, 3.63) is 46.8 Å². The second-order valence-corrected chi connectivity index (χ2v) is 6.73. The summed E-state index contributed by atoms with van der Waals surface area (Å²) in [5.41, 5.74) is 2.23. The number of carbonyl (C=O) groups excluding carboxylic acids is 2. The van der Waals surface area contributed by atoms with E-state index in [0.717, 1.165) is 16.8 Å². The number of amides is 1. The average molecular weight is 330 g/mol. The summed E-state index contributed by atoms with van der Waals surface area (Å²) in [5.74, 6) is -0.399. The van der Waals surface area contributed by atoms with Crippen molar-refractivity contribution < 1.29 is 18.8 Å². The molecule has 128 valence electrons. The van der Waals surface area contributed by atoms with E-state index >= 15 is 0 Å². The Kier molecular flexibility index (Phi) is 5.07. The third kappa shape index (κ3) is 4.22. The van der Waals surface area contributed by atoms with Crippen molar-refractivity contribution in [2.45, 2.75) is 41.2 Å². The Labute approximate surface area is 141 Å². The Hall–Kier alpha value is -2.63. The molecule has 1 aromatic heterocycles. The van der Waals surface area contributed by atoms with Crippen LogP contribution in [0.2, 0.25) is 0 Å². The minimum atomic E-state index is -0.595. The highest BCUT2D eigenvalue weighted by Gasteiger charge is 2.24. The van der Waals surface area contributed by atoms with Gasteiger partial charge in [-0.2, -0.15) is 0 Å². The zero-order valence-corrected chi connectivity index (χ0v) is 14.6. The first-order valence-corrected chi connectivity index (χ1v) is 7.69. The molecule has 1 amide bonds. The molecule has 1 heterocycles. The third-order valence-corrected chi connectivity index (χ3v) is 3.47. The standard InChI is InChI=1S/C18H22N2O4/c1-11-7-6-8-12(2)15(11)19-16(21)14-9-13(24-20-14)10-23-17(22)18(3,4)5/h6-9H,10H2,1-5H3,(H,19,21). The van der Waals surface area contributed by atoms with Crippen molar-refractivity contribution in [1.29, 1.82) is 0 Å². The summed E-state index contributed by atoms with van der Waals surface area (Å²) in [4.78, 5) is 24.0. The summed E-state index contributed by atoms with van der Waals surface area (Å²) in [6, 6.07) is 7.24. The monoisotopic (exact) mass is 330 g/mol. The van der Waals surface area contributed by atoms with Gasteiger partial charge in [0.05, 0.1) is 5.41 Å². The normalized spacial score (nSPS) is 11.2. The highest BCUT2D eigenvalue weighted by molar-refractivity contribution is 6.03. The summed E-state index contributed by atoms with van der Waals surface area (Å²) >= 11 is 0. The van der Waals surface area contributed by atoms with Gasteiger partial charge in [0.1, 0.15) is 0 Å². The fraction of sp³-hybridized carbons (Fsp3) is 0.389. The fourth-order valence-corrected chi connectivity index (χ4v) is 2.03. The van der Waals surface area contributed by atoms with Crippen LogP contribution in [0.15, 0.2) is 28.8 Å². The maximum absolute atomic E-state index is 12.3. The molecule has 0 fully saturated rings. The number of para-hydroxylation sites is 1. The molecule has 0 saturated heterocycles. The zero-order valence-electron chi connectivity index (χ0n) is 14.6. The first kappa shape index (κ1) is 17.7. The lowest BCUT2D eigenvalue weighted by Gasteiger charge is -2.15. The number of esters is 1. The van der Waals surface area contributed by atoms with E-state index in [0.29, 0.717) is 5.76 Å². The van der Waals surface area contributed by atoms with Crippen molar-refractivity contribution in [2.75, 3.05) is 5.32 Å². The number of rotatable bonds is 4. The number of aryl methyl sites for hydroxylation is 2. The molecule has 0 saturated carbocycles. The average Bonchev–Trinajstić information content (AvgIpc) is 2.96. The van der Waals surface area contributed by atoms with Gasteiger partial charge in [-0.25, -0.2) is 0 Å². The van der Waals surface area contributed by atoms with Crippen LogP contribution < -0.4 is 5.32 Å². The van der Waals surface area contributed by atoms with E-state index in [2.05, 4.69) is 10.5 Å². The molecule has 2 rings (SSSR count). The number of hydrogen-bond acceptors (Lipinski definition) is 5. The zero-order chi connectivity index (χ0) is 17.9. The quantitative estimate of drug-likeness (QED) is 0.866. The number of hydrogen-bond donors (Lipinski definition) is 1. The molecular formula is C18H22N2O4. The lowest BCUT2D eigenvalue weighted by molar-refractivity contribution is -0.154. The molecule has 1 N–H and O–H groups in total. The first-order valence-electron chi connectivity index (χ1n) is 7.69. The van der Waals surface area contributed by atoms with Crippen LogP contribution in [0.4, 0.5) is 5.69 Å². The van der Waals surface area contributed by atoms with Crippen LogP contribution in [0.5, 0.6) is 0 Å². The van der Waals surface area contributed by atoms with E-state index < -0.39 is 5.41 Å². The van der Waals surface area contributed by atoms with Gasteiger partial charge >= 0.3 is 5.97 Å². The van der Waals surface area contributed by atoms with Gasteiger partial charge in [-0.15, -0.1) is 0 Å². The minimum Gasteiger partial charge on any atom is -0.457 e. The summed E-state index contributed by atoms with van der Waals surface area (Å²) in [5, 5.41) is 6.56. The van der Waals surface area contributed by atoms with Crippen molar-refractivity contribution in [3.8, 4) is 0 Å². The number of ether oxygens (including phenoxy) is 1.